The van der Waals surface area contributed by atoms with Crippen molar-refractivity contribution in [2.45, 2.75) is 290 Å². The van der Waals surface area contributed by atoms with Crippen molar-refractivity contribution < 1.29 is 37.6 Å². The largest absolute Gasteiger partial charge is 0.472 e. The van der Waals surface area contributed by atoms with Gasteiger partial charge in [-0.3, -0.25) is 18.6 Å². The molecule has 0 spiro atoms. The maximum Gasteiger partial charge on any atom is 0.472 e. The molecular weight excluding hydrogens is 786 g/mol. The Kier molecular flexibility index (Phi) is 47.7. The lowest BCUT2D eigenvalue weighted by Gasteiger charge is -2.19. The predicted molar refractivity (Wildman–Crippen MR) is 257 cm³/mol. The Morgan fingerprint density at radius 2 is 0.705 bits per heavy atom. The van der Waals surface area contributed by atoms with Crippen molar-refractivity contribution in [2.75, 3.05) is 26.4 Å². The molecule has 0 aromatic carbocycles. The van der Waals surface area contributed by atoms with E-state index >= 15 is 0 Å². The molecular formula is C51H102NO8P. The van der Waals surface area contributed by atoms with Crippen LogP contribution >= 0.6 is 7.82 Å². The molecule has 9 nitrogen and oxygen atoms in total. The average Bonchev–Trinajstić information content (AvgIpc) is 3.25. The monoisotopic (exact) mass is 888 g/mol. The second kappa shape index (κ2) is 48.5. The molecule has 0 heterocycles. The third-order valence-electron chi connectivity index (χ3n) is 12.0. The third kappa shape index (κ3) is 48.3. The van der Waals surface area contributed by atoms with Crippen molar-refractivity contribution in [3.05, 3.63) is 0 Å². The highest BCUT2D eigenvalue weighted by Crippen LogP contribution is 2.43. The van der Waals surface area contributed by atoms with Gasteiger partial charge in [0.05, 0.1) is 13.2 Å². The highest BCUT2D eigenvalue weighted by Gasteiger charge is 2.26. The number of ether oxygens (including phenoxy) is 2. The van der Waals surface area contributed by atoms with Crippen molar-refractivity contribution >= 4 is 19.8 Å². The van der Waals surface area contributed by atoms with Crippen LogP contribution < -0.4 is 5.73 Å². The summed E-state index contributed by atoms with van der Waals surface area (Å²) in [4.78, 5) is 34.6. The van der Waals surface area contributed by atoms with Crippen LogP contribution in [-0.2, 0) is 32.7 Å². The van der Waals surface area contributed by atoms with Crippen LogP contribution in [0.4, 0.5) is 0 Å². The topological polar surface area (TPSA) is 134 Å². The van der Waals surface area contributed by atoms with Crippen LogP contribution in [0.3, 0.4) is 0 Å². The maximum absolute atomic E-state index is 12.5. The summed E-state index contributed by atoms with van der Waals surface area (Å²) in [5, 5.41) is 0. The van der Waals surface area contributed by atoms with Crippen LogP contribution in [-0.4, -0.2) is 49.3 Å². The molecule has 0 aromatic heterocycles. The second-order valence-electron chi connectivity index (χ2n) is 18.1. The number of nitrogens with two attached hydrogens (primary N) is 1. The number of phosphoric ester groups is 1. The van der Waals surface area contributed by atoms with Crippen LogP contribution in [0.2, 0.25) is 0 Å². The Bertz CT molecular complexity index is 969. The molecule has 2 unspecified atom stereocenters. The summed E-state index contributed by atoms with van der Waals surface area (Å²) >= 11 is 0. The zero-order valence-electron chi connectivity index (χ0n) is 40.4. The van der Waals surface area contributed by atoms with Crippen molar-refractivity contribution in [2.24, 2.45) is 5.73 Å². The number of esters is 2. The summed E-state index contributed by atoms with van der Waals surface area (Å²) in [6.07, 6.45) is 52.5. The van der Waals surface area contributed by atoms with Crippen LogP contribution in [0.15, 0.2) is 0 Å². The Morgan fingerprint density at radius 1 is 0.426 bits per heavy atom. The summed E-state index contributed by atoms with van der Waals surface area (Å²) in [7, 11) is -4.36. The molecule has 0 saturated carbocycles. The molecule has 0 rings (SSSR count). The van der Waals surface area contributed by atoms with Gasteiger partial charge in [0.15, 0.2) is 6.10 Å². The Morgan fingerprint density at radius 3 is 1.00 bits per heavy atom. The molecule has 0 saturated heterocycles. The van der Waals surface area contributed by atoms with Gasteiger partial charge in [-0.1, -0.05) is 258 Å². The van der Waals surface area contributed by atoms with E-state index in [1.54, 1.807) is 0 Å². The molecule has 0 fully saturated rings. The van der Waals surface area contributed by atoms with Gasteiger partial charge < -0.3 is 20.1 Å². The Labute approximate surface area is 377 Å². The molecule has 0 amide bonds. The van der Waals surface area contributed by atoms with Gasteiger partial charge in [-0.05, 0) is 12.8 Å². The quantitative estimate of drug-likeness (QED) is 0.0348. The van der Waals surface area contributed by atoms with E-state index < -0.39 is 26.5 Å². The molecule has 0 aliphatic rings. The number of unbranched alkanes of at least 4 members (excludes halogenated alkanes) is 38. The van der Waals surface area contributed by atoms with E-state index in [2.05, 4.69) is 13.8 Å². The van der Waals surface area contributed by atoms with Gasteiger partial charge in [-0.2, -0.15) is 0 Å². The molecule has 0 bridgehead atoms. The molecule has 10 heteroatoms. The molecule has 0 radical (unpaired) electrons. The van der Waals surface area contributed by atoms with Gasteiger partial charge in [0.2, 0.25) is 0 Å². The van der Waals surface area contributed by atoms with Gasteiger partial charge >= 0.3 is 19.8 Å². The van der Waals surface area contributed by atoms with E-state index in [0.29, 0.717) is 6.42 Å². The zero-order chi connectivity index (χ0) is 44.6. The Balaban J connectivity index is 3.61. The molecule has 2 atom stereocenters. The summed E-state index contributed by atoms with van der Waals surface area (Å²) in [6.45, 7) is 3.68. The molecule has 0 aliphatic heterocycles. The first-order chi connectivity index (χ1) is 29.8. The van der Waals surface area contributed by atoms with Gasteiger partial charge in [0.25, 0.3) is 0 Å². The summed E-state index contributed by atoms with van der Waals surface area (Å²) in [5.74, 6) is -0.827. The van der Waals surface area contributed by atoms with E-state index in [1.807, 2.05) is 0 Å². The molecule has 0 aromatic rings. The van der Waals surface area contributed by atoms with Crippen molar-refractivity contribution in [1.29, 1.82) is 0 Å². The first-order valence-electron chi connectivity index (χ1n) is 26.5. The lowest BCUT2D eigenvalue weighted by Crippen LogP contribution is -2.29. The minimum absolute atomic E-state index is 0.0575. The number of hydrogen-bond acceptors (Lipinski definition) is 8. The van der Waals surface area contributed by atoms with Gasteiger partial charge in [-0.25, -0.2) is 4.57 Å². The average molecular weight is 888 g/mol. The number of carbonyl (C=O) groups is 2. The summed E-state index contributed by atoms with van der Waals surface area (Å²) in [6, 6.07) is 0. The first-order valence-corrected chi connectivity index (χ1v) is 28.0. The number of rotatable bonds is 51. The minimum Gasteiger partial charge on any atom is -0.462 e. The van der Waals surface area contributed by atoms with Gasteiger partial charge in [-0.15, -0.1) is 0 Å². The zero-order valence-corrected chi connectivity index (χ0v) is 41.3. The molecule has 61 heavy (non-hydrogen) atoms. The lowest BCUT2D eigenvalue weighted by atomic mass is 10.0. The molecule has 364 valence electrons. The summed E-state index contributed by atoms with van der Waals surface area (Å²) in [5.41, 5.74) is 5.33. The number of hydrogen-bond donors (Lipinski definition) is 2. The van der Waals surface area contributed by atoms with Crippen LogP contribution in [0.25, 0.3) is 0 Å². The van der Waals surface area contributed by atoms with Crippen LogP contribution in [0.1, 0.15) is 284 Å². The van der Waals surface area contributed by atoms with E-state index in [-0.39, 0.29) is 38.6 Å². The fourth-order valence-corrected chi connectivity index (χ4v) is 8.82. The lowest BCUT2D eigenvalue weighted by molar-refractivity contribution is -0.161. The van der Waals surface area contributed by atoms with Crippen molar-refractivity contribution in [3.8, 4) is 0 Å². The predicted octanol–water partition coefficient (Wildman–Crippen LogP) is 16.0. The maximum atomic E-state index is 12.5. The molecule has 0 aliphatic carbocycles. The third-order valence-corrected chi connectivity index (χ3v) is 13.0. The smallest absolute Gasteiger partial charge is 0.462 e. The first kappa shape index (κ1) is 60.0. The number of phosphoric acid groups is 1. The normalized spacial score (nSPS) is 13.0. The van der Waals surface area contributed by atoms with Gasteiger partial charge in [0.1, 0.15) is 6.61 Å². The summed E-state index contributed by atoms with van der Waals surface area (Å²) < 4.78 is 32.6. The van der Waals surface area contributed by atoms with E-state index in [1.165, 1.54) is 205 Å². The van der Waals surface area contributed by atoms with Crippen molar-refractivity contribution in [1.82, 2.24) is 0 Å². The van der Waals surface area contributed by atoms with Crippen LogP contribution in [0, 0.1) is 0 Å². The van der Waals surface area contributed by atoms with E-state index in [4.69, 9.17) is 24.3 Å². The standard InChI is InChI=1S/C51H102NO8P/c1-3-5-7-9-10-11-12-13-14-15-16-17-18-19-20-21-22-23-24-25-26-27-28-29-30-31-32-33-34-35-36-37-38-40-42-44-51(54)60-49(48-59-61(55,56)58-46-45-52)47-57-50(53)43-41-39-8-6-4-2/h49H,3-48,52H2,1-2H3,(H,55,56). The molecule has 3 N–H and O–H groups in total. The van der Waals surface area contributed by atoms with E-state index in [9.17, 15) is 19.0 Å². The highest BCUT2D eigenvalue weighted by molar-refractivity contribution is 7.47. The SMILES string of the molecule is CCCCCCCCCCCCCCCCCCCCCCCCCCCCCCCCCCCCCC(=O)OC(COC(=O)CCCCCCC)COP(=O)(O)OCCN. The van der Waals surface area contributed by atoms with E-state index in [0.717, 1.165) is 44.9 Å². The fourth-order valence-electron chi connectivity index (χ4n) is 8.05. The van der Waals surface area contributed by atoms with Crippen LogP contribution in [0.5, 0.6) is 0 Å². The number of carbonyl (C=O) groups excluding carboxylic acids is 2. The Hall–Kier alpha value is -0.990. The fraction of sp³-hybridized carbons (Fsp3) is 0.961. The van der Waals surface area contributed by atoms with Gasteiger partial charge in [0, 0.05) is 19.4 Å². The van der Waals surface area contributed by atoms with Crippen molar-refractivity contribution in [3.63, 3.8) is 0 Å². The minimum atomic E-state index is -4.36. The highest BCUT2D eigenvalue weighted by atomic mass is 31.2. The second-order valence-corrected chi connectivity index (χ2v) is 19.6.